The molecule has 134 valence electrons. The predicted octanol–water partition coefficient (Wildman–Crippen LogP) is 1.63. The maximum Gasteiger partial charge on any atom is 0.244 e. The Morgan fingerprint density at radius 2 is 1.84 bits per heavy atom. The van der Waals surface area contributed by atoms with Crippen molar-refractivity contribution in [3.63, 3.8) is 0 Å². The highest BCUT2D eigenvalue weighted by Gasteiger charge is 2.31. The molecule has 3 rings (SSSR count). The Kier molecular flexibility index (Phi) is 5.48. The van der Waals surface area contributed by atoms with Gasteiger partial charge in [0.05, 0.1) is 16.6 Å². The van der Waals surface area contributed by atoms with E-state index in [0.717, 1.165) is 0 Å². The minimum absolute atomic E-state index is 0. The average molecular weight is 386 g/mol. The number of hydrogen-bond acceptors (Lipinski definition) is 4. The van der Waals surface area contributed by atoms with Crippen LogP contribution in [0.2, 0.25) is 0 Å². The fourth-order valence-corrected chi connectivity index (χ4v) is 3.55. The van der Waals surface area contributed by atoms with Gasteiger partial charge >= 0.3 is 0 Å². The maximum absolute atomic E-state index is 14.5. The van der Waals surface area contributed by atoms with Crippen LogP contribution in [0, 0.1) is 5.82 Å². The summed E-state index contributed by atoms with van der Waals surface area (Å²) in [6, 6.07) is 9.66. The van der Waals surface area contributed by atoms with Crippen molar-refractivity contribution in [3.8, 4) is 11.1 Å². The van der Waals surface area contributed by atoms with E-state index in [-0.39, 0.29) is 28.9 Å². The summed E-state index contributed by atoms with van der Waals surface area (Å²) in [4.78, 5) is 13.2. The molecule has 6 nitrogen and oxygen atoms in total. The third-order valence-electron chi connectivity index (χ3n) is 3.99. The summed E-state index contributed by atoms with van der Waals surface area (Å²) in [5, 5.41) is 5.21. The minimum Gasteiger partial charge on any atom is -0.320 e. The van der Waals surface area contributed by atoms with Crippen LogP contribution >= 0.6 is 12.4 Å². The fraction of sp³-hybridized carbons (Fsp3) is 0.188. The molecule has 1 fully saturated rings. The first-order valence-electron chi connectivity index (χ1n) is 7.28. The van der Waals surface area contributed by atoms with Gasteiger partial charge in [-0.05, 0) is 30.2 Å². The van der Waals surface area contributed by atoms with Crippen LogP contribution in [0.15, 0.2) is 47.4 Å². The molecule has 9 heteroatoms. The van der Waals surface area contributed by atoms with Crippen molar-refractivity contribution in [2.75, 3.05) is 11.4 Å². The van der Waals surface area contributed by atoms with E-state index < -0.39 is 21.9 Å². The van der Waals surface area contributed by atoms with Gasteiger partial charge in [-0.2, -0.15) is 0 Å². The molecular formula is C16H17ClFN3O3S. The van der Waals surface area contributed by atoms with Gasteiger partial charge < -0.3 is 10.6 Å². The Morgan fingerprint density at radius 1 is 1.16 bits per heavy atom. The van der Waals surface area contributed by atoms with Crippen molar-refractivity contribution < 1.29 is 17.6 Å². The molecule has 1 saturated heterocycles. The number of nitrogens with zero attached hydrogens (tertiary/aromatic N) is 1. The van der Waals surface area contributed by atoms with E-state index in [1.807, 2.05) is 0 Å². The second-order valence-corrected chi connectivity index (χ2v) is 7.12. The lowest BCUT2D eigenvalue weighted by atomic mass is 10.0. The fourth-order valence-electron chi connectivity index (χ4n) is 2.79. The van der Waals surface area contributed by atoms with E-state index in [1.165, 1.54) is 29.2 Å². The molecule has 1 heterocycles. The van der Waals surface area contributed by atoms with Crippen molar-refractivity contribution in [2.45, 2.75) is 17.4 Å². The number of amides is 1. The van der Waals surface area contributed by atoms with Crippen LogP contribution in [0.25, 0.3) is 11.1 Å². The van der Waals surface area contributed by atoms with Gasteiger partial charge in [0.2, 0.25) is 15.9 Å². The Hall–Kier alpha value is -2.00. The quantitative estimate of drug-likeness (QED) is 0.837. The summed E-state index contributed by atoms with van der Waals surface area (Å²) in [6.45, 7) is 0.351. The number of anilines is 1. The number of hydrogen-bond donors (Lipinski definition) is 2. The second kappa shape index (κ2) is 7.09. The van der Waals surface area contributed by atoms with Crippen molar-refractivity contribution in [3.05, 3.63) is 48.3 Å². The molecule has 1 aliphatic rings. The molecule has 25 heavy (non-hydrogen) atoms. The number of carbonyl (C=O) groups excluding carboxylic acids is 1. The number of nitrogens with two attached hydrogens (primary N) is 2. The molecule has 2 aromatic rings. The van der Waals surface area contributed by atoms with Crippen molar-refractivity contribution in [1.29, 1.82) is 0 Å². The van der Waals surface area contributed by atoms with E-state index in [4.69, 9.17) is 10.9 Å². The predicted molar refractivity (Wildman–Crippen MR) is 95.4 cm³/mol. The number of halogens is 2. The van der Waals surface area contributed by atoms with Crippen LogP contribution in [0.4, 0.5) is 10.1 Å². The topological polar surface area (TPSA) is 106 Å². The summed E-state index contributed by atoms with van der Waals surface area (Å²) in [6.07, 6.45) is 0.467. The Bertz CT molecular complexity index is 921. The Balaban J connectivity index is 0.00000225. The van der Waals surface area contributed by atoms with E-state index >= 15 is 0 Å². The van der Waals surface area contributed by atoms with Gasteiger partial charge in [-0.3, -0.25) is 4.79 Å². The van der Waals surface area contributed by atoms with E-state index in [2.05, 4.69) is 0 Å². The summed E-state index contributed by atoms with van der Waals surface area (Å²) in [5.41, 5.74) is 6.44. The van der Waals surface area contributed by atoms with Gasteiger partial charge in [-0.15, -0.1) is 12.4 Å². The third kappa shape index (κ3) is 3.67. The zero-order chi connectivity index (χ0) is 17.5. The Morgan fingerprint density at radius 3 is 2.40 bits per heavy atom. The molecule has 0 aliphatic carbocycles. The lowest BCUT2D eigenvalue weighted by molar-refractivity contribution is -0.118. The summed E-state index contributed by atoms with van der Waals surface area (Å²) in [7, 11) is -3.94. The monoisotopic (exact) mass is 385 g/mol. The standard InChI is InChI=1S/C16H16FN3O3S.ClH/c17-12-9-10(11-3-1-2-4-15(11)24(19,22)23)5-6-14(12)20-8-7-13(18)16(20)21;/h1-6,9,13H,7-8,18H2,(H2,19,22,23);1H/t13-;/m0./s1. The first-order chi connectivity index (χ1) is 11.3. The SMILES string of the molecule is Cl.N[C@H]1CCN(c2ccc(-c3ccccc3S(N)(=O)=O)cc2F)C1=O. The van der Waals surface area contributed by atoms with Gasteiger partial charge in [-0.25, -0.2) is 17.9 Å². The van der Waals surface area contributed by atoms with Crippen LogP contribution in [-0.4, -0.2) is 26.9 Å². The molecule has 4 N–H and O–H groups in total. The molecule has 0 bridgehead atoms. The highest BCUT2D eigenvalue weighted by atomic mass is 35.5. The number of carbonyl (C=O) groups is 1. The normalized spacial score (nSPS) is 17.5. The molecule has 1 atom stereocenters. The smallest absolute Gasteiger partial charge is 0.244 e. The van der Waals surface area contributed by atoms with Gasteiger partial charge in [-0.1, -0.05) is 24.3 Å². The molecule has 2 aromatic carbocycles. The van der Waals surface area contributed by atoms with Gasteiger partial charge in [0, 0.05) is 12.1 Å². The van der Waals surface area contributed by atoms with Crippen molar-refractivity contribution >= 4 is 34.0 Å². The zero-order valence-electron chi connectivity index (χ0n) is 13.1. The first kappa shape index (κ1) is 19.3. The van der Waals surface area contributed by atoms with Crippen LogP contribution in [0.1, 0.15) is 6.42 Å². The Labute approximate surface area is 151 Å². The highest BCUT2D eigenvalue weighted by molar-refractivity contribution is 7.89. The second-order valence-electron chi connectivity index (χ2n) is 5.59. The van der Waals surface area contributed by atoms with Crippen LogP contribution in [0.3, 0.4) is 0 Å². The van der Waals surface area contributed by atoms with Crippen molar-refractivity contribution in [1.82, 2.24) is 0 Å². The summed E-state index contributed by atoms with van der Waals surface area (Å²) >= 11 is 0. The molecule has 1 amide bonds. The molecule has 0 spiro atoms. The molecular weight excluding hydrogens is 369 g/mol. The van der Waals surface area contributed by atoms with Crippen molar-refractivity contribution in [2.24, 2.45) is 10.9 Å². The van der Waals surface area contributed by atoms with E-state index in [1.54, 1.807) is 18.2 Å². The van der Waals surface area contributed by atoms with Gasteiger partial charge in [0.15, 0.2) is 0 Å². The maximum atomic E-state index is 14.5. The summed E-state index contributed by atoms with van der Waals surface area (Å²) < 4.78 is 37.9. The average Bonchev–Trinajstić information content (AvgIpc) is 2.86. The molecule has 0 radical (unpaired) electrons. The van der Waals surface area contributed by atoms with Crippen LogP contribution in [-0.2, 0) is 14.8 Å². The molecule has 0 saturated carbocycles. The van der Waals surface area contributed by atoms with Gasteiger partial charge in [0.1, 0.15) is 5.82 Å². The van der Waals surface area contributed by atoms with E-state index in [9.17, 15) is 17.6 Å². The van der Waals surface area contributed by atoms with Gasteiger partial charge in [0.25, 0.3) is 0 Å². The van der Waals surface area contributed by atoms with Crippen LogP contribution in [0.5, 0.6) is 0 Å². The number of primary sulfonamides is 1. The lowest BCUT2D eigenvalue weighted by Gasteiger charge is -2.18. The number of benzene rings is 2. The number of sulfonamides is 1. The van der Waals surface area contributed by atoms with Crippen LogP contribution < -0.4 is 15.8 Å². The molecule has 0 unspecified atom stereocenters. The lowest BCUT2D eigenvalue weighted by Crippen LogP contribution is -2.34. The van der Waals surface area contributed by atoms with E-state index in [0.29, 0.717) is 24.1 Å². The number of rotatable bonds is 3. The first-order valence-corrected chi connectivity index (χ1v) is 8.82. The molecule has 0 aromatic heterocycles. The zero-order valence-corrected chi connectivity index (χ0v) is 14.7. The minimum atomic E-state index is -3.94. The highest BCUT2D eigenvalue weighted by Crippen LogP contribution is 2.31. The largest absolute Gasteiger partial charge is 0.320 e. The summed E-state index contributed by atoms with van der Waals surface area (Å²) in [5.74, 6) is -0.953. The third-order valence-corrected chi connectivity index (χ3v) is 4.96. The molecule has 1 aliphatic heterocycles.